The second-order valence-electron chi connectivity index (χ2n) is 4.91. The summed E-state index contributed by atoms with van der Waals surface area (Å²) in [6.07, 6.45) is 2.70. The molecular formula is C18H18ClNO5. The molecule has 0 bridgehead atoms. The molecule has 0 aliphatic heterocycles. The van der Waals surface area contributed by atoms with Gasteiger partial charge in [-0.3, -0.25) is 10.0 Å². The van der Waals surface area contributed by atoms with Gasteiger partial charge < -0.3 is 14.2 Å². The molecule has 0 saturated carbocycles. The molecule has 0 unspecified atom stereocenters. The molecule has 25 heavy (non-hydrogen) atoms. The molecule has 0 saturated heterocycles. The summed E-state index contributed by atoms with van der Waals surface area (Å²) in [5, 5.41) is 9.13. The average Bonchev–Trinajstić information content (AvgIpc) is 2.61. The summed E-state index contributed by atoms with van der Waals surface area (Å²) in [5.41, 5.74) is 2.16. The number of benzene rings is 2. The monoisotopic (exact) mass is 363 g/mol. The Morgan fingerprint density at radius 3 is 2.76 bits per heavy atom. The van der Waals surface area contributed by atoms with Crippen molar-refractivity contribution in [2.45, 2.75) is 0 Å². The van der Waals surface area contributed by atoms with E-state index in [4.69, 9.17) is 31.0 Å². The highest BCUT2D eigenvalue weighted by Gasteiger charge is 2.07. The normalized spacial score (nSPS) is 10.7. The van der Waals surface area contributed by atoms with Gasteiger partial charge in [-0.1, -0.05) is 17.7 Å². The molecule has 0 heterocycles. The Morgan fingerprint density at radius 2 is 2.04 bits per heavy atom. The van der Waals surface area contributed by atoms with Crippen LogP contribution in [0.15, 0.2) is 48.5 Å². The number of hydroxylamine groups is 1. The van der Waals surface area contributed by atoms with Crippen LogP contribution in [0.25, 0.3) is 6.08 Å². The molecule has 132 valence electrons. The number of amides is 1. The van der Waals surface area contributed by atoms with E-state index in [-0.39, 0.29) is 0 Å². The van der Waals surface area contributed by atoms with Gasteiger partial charge in [0.25, 0.3) is 5.91 Å². The molecule has 1 amide bonds. The molecule has 0 aliphatic carbocycles. The summed E-state index contributed by atoms with van der Waals surface area (Å²) in [6, 6.07) is 12.1. The summed E-state index contributed by atoms with van der Waals surface area (Å²) < 4.78 is 16.4. The first kappa shape index (κ1) is 18.8. The summed E-state index contributed by atoms with van der Waals surface area (Å²) in [4.78, 5) is 11.2. The number of carbonyl (C=O) groups is 1. The van der Waals surface area contributed by atoms with E-state index in [1.54, 1.807) is 49.6 Å². The smallest absolute Gasteiger partial charge is 0.267 e. The van der Waals surface area contributed by atoms with E-state index < -0.39 is 5.91 Å². The Morgan fingerprint density at radius 1 is 1.20 bits per heavy atom. The highest BCUT2D eigenvalue weighted by atomic mass is 35.5. The van der Waals surface area contributed by atoms with Crippen molar-refractivity contribution in [1.29, 1.82) is 0 Å². The fourth-order valence-corrected chi connectivity index (χ4v) is 2.11. The van der Waals surface area contributed by atoms with Crippen LogP contribution in [0.5, 0.6) is 17.2 Å². The molecule has 0 spiro atoms. The quantitative estimate of drug-likeness (QED) is 0.324. The SMILES string of the molecule is COCCOc1ccc(/C=C/C(=O)NO)c(Oc2cccc(Cl)c2)c1. The lowest BCUT2D eigenvalue weighted by Gasteiger charge is -2.12. The first-order valence-electron chi connectivity index (χ1n) is 7.43. The van der Waals surface area contributed by atoms with Crippen molar-refractivity contribution in [2.75, 3.05) is 20.3 Å². The zero-order chi connectivity index (χ0) is 18.1. The molecule has 2 N–H and O–H groups in total. The van der Waals surface area contributed by atoms with Crippen LogP contribution >= 0.6 is 11.6 Å². The number of hydrogen-bond donors (Lipinski definition) is 2. The van der Waals surface area contributed by atoms with E-state index in [2.05, 4.69) is 0 Å². The number of nitrogens with one attached hydrogen (secondary N) is 1. The maximum Gasteiger partial charge on any atom is 0.267 e. The van der Waals surface area contributed by atoms with Gasteiger partial charge >= 0.3 is 0 Å². The van der Waals surface area contributed by atoms with Crippen LogP contribution in [-0.2, 0) is 9.53 Å². The van der Waals surface area contributed by atoms with E-state index >= 15 is 0 Å². The maximum atomic E-state index is 11.2. The number of methoxy groups -OCH3 is 1. The van der Waals surface area contributed by atoms with Crippen LogP contribution in [0, 0.1) is 0 Å². The van der Waals surface area contributed by atoms with Crippen LogP contribution in [0.2, 0.25) is 5.02 Å². The van der Waals surface area contributed by atoms with Gasteiger partial charge in [0.15, 0.2) is 0 Å². The zero-order valence-corrected chi connectivity index (χ0v) is 14.3. The molecule has 0 aromatic heterocycles. The minimum Gasteiger partial charge on any atom is -0.491 e. The lowest BCUT2D eigenvalue weighted by molar-refractivity contribution is -0.124. The average molecular weight is 364 g/mol. The molecule has 7 heteroatoms. The Bertz CT molecular complexity index is 748. The van der Waals surface area contributed by atoms with Crippen molar-refractivity contribution < 1.29 is 24.2 Å². The third kappa shape index (κ3) is 6.11. The minimum atomic E-state index is -0.644. The molecule has 0 aliphatic rings. The minimum absolute atomic E-state index is 0.398. The fraction of sp³-hybridized carbons (Fsp3) is 0.167. The van der Waals surface area contributed by atoms with Gasteiger partial charge in [0.1, 0.15) is 23.9 Å². The summed E-state index contributed by atoms with van der Waals surface area (Å²) in [6.45, 7) is 0.859. The molecule has 0 atom stereocenters. The fourth-order valence-electron chi connectivity index (χ4n) is 1.93. The zero-order valence-electron chi connectivity index (χ0n) is 13.6. The van der Waals surface area contributed by atoms with Crippen LogP contribution in [-0.4, -0.2) is 31.4 Å². The number of hydrogen-bond acceptors (Lipinski definition) is 5. The van der Waals surface area contributed by atoms with Crippen LogP contribution in [0.1, 0.15) is 5.56 Å². The van der Waals surface area contributed by atoms with E-state index in [9.17, 15) is 4.79 Å². The maximum absolute atomic E-state index is 11.2. The van der Waals surface area contributed by atoms with Gasteiger partial charge in [0, 0.05) is 29.8 Å². The highest BCUT2D eigenvalue weighted by molar-refractivity contribution is 6.30. The Balaban J connectivity index is 2.27. The van der Waals surface area contributed by atoms with Crippen LogP contribution in [0.3, 0.4) is 0 Å². The van der Waals surface area contributed by atoms with Crippen molar-refractivity contribution in [2.24, 2.45) is 0 Å². The molecule has 0 radical (unpaired) electrons. The van der Waals surface area contributed by atoms with Crippen molar-refractivity contribution in [3.8, 4) is 17.2 Å². The molecule has 2 aromatic carbocycles. The number of rotatable bonds is 8. The van der Waals surface area contributed by atoms with Gasteiger partial charge in [0.05, 0.1) is 6.61 Å². The summed E-state index contributed by atoms with van der Waals surface area (Å²) in [7, 11) is 1.59. The highest BCUT2D eigenvalue weighted by Crippen LogP contribution is 2.31. The van der Waals surface area contributed by atoms with E-state index in [1.807, 2.05) is 0 Å². The first-order chi connectivity index (χ1) is 12.1. The van der Waals surface area contributed by atoms with Crippen LogP contribution < -0.4 is 15.0 Å². The van der Waals surface area contributed by atoms with Gasteiger partial charge in [-0.2, -0.15) is 0 Å². The van der Waals surface area contributed by atoms with E-state index in [0.717, 1.165) is 0 Å². The van der Waals surface area contributed by atoms with Crippen molar-refractivity contribution in [3.05, 3.63) is 59.1 Å². The Kier molecular flexibility index (Phi) is 7.28. The number of halogens is 1. The third-order valence-corrected chi connectivity index (χ3v) is 3.32. The third-order valence-electron chi connectivity index (χ3n) is 3.09. The van der Waals surface area contributed by atoms with Gasteiger partial charge in [-0.15, -0.1) is 0 Å². The largest absolute Gasteiger partial charge is 0.491 e. The molecule has 6 nitrogen and oxygen atoms in total. The van der Waals surface area contributed by atoms with E-state index in [0.29, 0.717) is 41.0 Å². The second kappa shape index (κ2) is 9.68. The predicted molar refractivity (Wildman–Crippen MR) is 94.3 cm³/mol. The topological polar surface area (TPSA) is 77.0 Å². The van der Waals surface area contributed by atoms with Crippen LogP contribution in [0.4, 0.5) is 0 Å². The van der Waals surface area contributed by atoms with Gasteiger partial charge in [0.2, 0.25) is 0 Å². The molecular weight excluding hydrogens is 346 g/mol. The molecule has 0 fully saturated rings. The van der Waals surface area contributed by atoms with Gasteiger partial charge in [-0.05, 0) is 36.4 Å². The van der Waals surface area contributed by atoms with Gasteiger partial charge in [-0.25, -0.2) is 5.48 Å². The van der Waals surface area contributed by atoms with Crippen molar-refractivity contribution in [1.82, 2.24) is 5.48 Å². The standard InChI is InChI=1S/C18H18ClNO5/c1-23-9-10-24-15-7-5-13(6-8-18(21)20-22)17(12-15)25-16-4-2-3-14(19)11-16/h2-8,11-12,22H,9-10H2,1H3,(H,20,21)/b8-6+. The van der Waals surface area contributed by atoms with Crippen molar-refractivity contribution in [3.63, 3.8) is 0 Å². The second-order valence-corrected chi connectivity index (χ2v) is 5.35. The number of ether oxygens (including phenoxy) is 3. The lowest BCUT2D eigenvalue weighted by atomic mass is 10.1. The summed E-state index contributed by atoms with van der Waals surface area (Å²) >= 11 is 5.97. The number of carbonyl (C=O) groups excluding carboxylic acids is 1. The Labute approximate surface area is 150 Å². The predicted octanol–water partition coefficient (Wildman–Crippen LogP) is 3.68. The summed E-state index contributed by atoms with van der Waals surface area (Å²) in [5.74, 6) is 0.967. The molecule has 2 aromatic rings. The van der Waals surface area contributed by atoms with Crippen molar-refractivity contribution >= 4 is 23.6 Å². The first-order valence-corrected chi connectivity index (χ1v) is 7.81. The lowest BCUT2D eigenvalue weighted by Crippen LogP contribution is -2.14. The van der Waals surface area contributed by atoms with E-state index in [1.165, 1.54) is 17.6 Å². The molecule has 2 rings (SSSR count). The Hall–Kier alpha value is -2.54.